The van der Waals surface area contributed by atoms with Crippen molar-refractivity contribution >= 4 is 23.4 Å². The van der Waals surface area contributed by atoms with Crippen molar-refractivity contribution in [2.45, 2.75) is 50.7 Å². The number of hydrogen-bond acceptors (Lipinski definition) is 2. The number of nitrogens with zero attached hydrogens (tertiary/aromatic N) is 1. The Kier molecular flexibility index (Phi) is 3.66. The van der Waals surface area contributed by atoms with Gasteiger partial charge in [-0.2, -0.15) is 0 Å². The predicted octanol–water partition coefficient (Wildman–Crippen LogP) is 2.50. The first-order chi connectivity index (χ1) is 10.0. The topological polar surface area (TPSA) is 49.4 Å². The highest BCUT2D eigenvalue weighted by atomic mass is 35.5. The van der Waals surface area contributed by atoms with Crippen LogP contribution < -0.4 is 5.32 Å². The van der Waals surface area contributed by atoms with E-state index in [2.05, 4.69) is 5.32 Å². The molecule has 1 N–H and O–H groups in total. The Hall–Kier alpha value is -1.55. The molecule has 0 radical (unpaired) electrons. The first-order valence-corrected chi connectivity index (χ1v) is 7.78. The lowest BCUT2D eigenvalue weighted by Gasteiger charge is -2.45. The summed E-state index contributed by atoms with van der Waals surface area (Å²) in [4.78, 5) is 26.9. The second-order valence-corrected chi connectivity index (χ2v) is 6.42. The van der Waals surface area contributed by atoms with Crippen molar-refractivity contribution in [3.63, 3.8) is 0 Å². The maximum absolute atomic E-state index is 12.6. The fourth-order valence-corrected chi connectivity index (χ4v) is 3.68. The summed E-state index contributed by atoms with van der Waals surface area (Å²) in [6, 6.07) is 7.02. The van der Waals surface area contributed by atoms with E-state index >= 15 is 0 Å². The van der Waals surface area contributed by atoms with Crippen LogP contribution in [0.4, 0.5) is 0 Å². The van der Waals surface area contributed by atoms with Crippen LogP contribution in [0.1, 0.15) is 38.2 Å². The lowest BCUT2D eigenvalue weighted by Crippen LogP contribution is -2.68. The van der Waals surface area contributed by atoms with Gasteiger partial charge in [0.05, 0.1) is 0 Å². The molecule has 1 aromatic rings. The highest BCUT2D eigenvalue weighted by Crippen LogP contribution is 2.39. The van der Waals surface area contributed by atoms with Crippen LogP contribution in [0.2, 0.25) is 5.02 Å². The standard InChI is InChI=1S/C16H19ClN2O2/c1-11-14(20)19(10-12-5-4-6-13(17)9-12)16(15(21)18-11)7-2-3-8-16/h4-6,9,11H,2-3,7-8,10H2,1H3,(H,18,21). The lowest BCUT2D eigenvalue weighted by molar-refractivity contribution is -0.157. The van der Waals surface area contributed by atoms with E-state index < -0.39 is 11.6 Å². The molecule has 2 aliphatic rings. The third-order valence-corrected chi connectivity index (χ3v) is 4.82. The molecule has 112 valence electrons. The number of carbonyl (C=O) groups is 2. The molecule has 3 rings (SSSR count). The smallest absolute Gasteiger partial charge is 0.246 e. The van der Waals surface area contributed by atoms with Gasteiger partial charge in [-0.1, -0.05) is 36.6 Å². The SMILES string of the molecule is CC1NC(=O)C2(CCCC2)N(Cc2cccc(Cl)c2)C1=O. The average Bonchev–Trinajstić information content (AvgIpc) is 2.93. The molecule has 1 unspecified atom stereocenters. The zero-order chi connectivity index (χ0) is 15.0. The minimum absolute atomic E-state index is 0.00326. The molecule has 1 heterocycles. The van der Waals surface area contributed by atoms with E-state index in [0.717, 1.165) is 31.2 Å². The highest BCUT2D eigenvalue weighted by Gasteiger charge is 2.52. The van der Waals surface area contributed by atoms with E-state index in [4.69, 9.17) is 11.6 Å². The summed E-state index contributed by atoms with van der Waals surface area (Å²) < 4.78 is 0. The maximum Gasteiger partial charge on any atom is 0.246 e. The molecule has 1 aliphatic heterocycles. The number of nitrogens with one attached hydrogen (secondary N) is 1. The summed E-state index contributed by atoms with van der Waals surface area (Å²) in [5.41, 5.74) is 0.301. The van der Waals surface area contributed by atoms with Gasteiger partial charge in [0.2, 0.25) is 11.8 Å². The molecule has 1 atom stereocenters. The van der Waals surface area contributed by atoms with Gasteiger partial charge in [-0.05, 0) is 37.5 Å². The van der Waals surface area contributed by atoms with Crippen molar-refractivity contribution in [2.24, 2.45) is 0 Å². The average molecular weight is 307 g/mol. The fraction of sp³-hybridized carbons (Fsp3) is 0.500. The first-order valence-electron chi connectivity index (χ1n) is 7.40. The molecule has 1 aromatic carbocycles. The third kappa shape index (κ3) is 2.42. The summed E-state index contributed by atoms with van der Waals surface area (Å²) in [6.07, 6.45) is 3.47. The maximum atomic E-state index is 12.6. The van der Waals surface area contributed by atoms with Gasteiger partial charge in [-0.15, -0.1) is 0 Å². The second kappa shape index (κ2) is 5.34. The van der Waals surface area contributed by atoms with E-state index in [-0.39, 0.29) is 11.8 Å². The number of hydrogen-bond donors (Lipinski definition) is 1. The molecule has 1 saturated heterocycles. The summed E-state index contributed by atoms with van der Waals surface area (Å²) in [7, 11) is 0. The number of halogens is 1. The van der Waals surface area contributed by atoms with Gasteiger partial charge in [0.25, 0.3) is 0 Å². The Morgan fingerprint density at radius 1 is 1.33 bits per heavy atom. The molecule has 21 heavy (non-hydrogen) atoms. The van der Waals surface area contributed by atoms with Crippen LogP contribution in [0.5, 0.6) is 0 Å². The molecule has 1 spiro atoms. The molecule has 1 saturated carbocycles. The lowest BCUT2D eigenvalue weighted by atomic mass is 9.89. The number of piperazine rings is 1. The van der Waals surface area contributed by atoms with Crippen molar-refractivity contribution in [2.75, 3.05) is 0 Å². The van der Waals surface area contributed by atoms with Crippen LogP contribution in [0.25, 0.3) is 0 Å². The minimum atomic E-state index is -0.661. The Labute approximate surface area is 129 Å². The van der Waals surface area contributed by atoms with Gasteiger partial charge in [-0.25, -0.2) is 0 Å². The second-order valence-electron chi connectivity index (χ2n) is 5.99. The first kappa shape index (κ1) is 14.4. The van der Waals surface area contributed by atoms with Gasteiger partial charge in [0.15, 0.2) is 0 Å². The van der Waals surface area contributed by atoms with Crippen LogP contribution in [0.15, 0.2) is 24.3 Å². The zero-order valence-electron chi connectivity index (χ0n) is 12.1. The van der Waals surface area contributed by atoms with Crippen molar-refractivity contribution in [1.82, 2.24) is 10.2 Å². The van der Waals surface area contributed by atoms with E-state index in [1.54, 1.807) is 11.8 Å². The minimum Gasteiger partial charge on any atom is -0.343 e. The van der Waals surface area contributed by atoms with Crippen LogP contribution in [0, 0.1) is 0 Å². The summed E-state index contributed by atoms with van der Waals surface area (Å²) >= 11 is 6.02. The molecule has 4 nitrogen and oxygen atoms in total. The van der Waals surface area contributed by atoms with Gasteiger partial charge >= 0.3 is 0 Å². The molecule has 1 aliphatic carbocycles. The molecule has 2 amide bonds. The Morgan fingerprint density at radius 3 is 2.71 bits per heavy atom. The third-order valence-electron chi connectivity index (χ3n) is 4.58. The number of benzene rings is 1. The molecule has 0 bridgehead atoms. The zero-order valence-corrected chi connectivity index (χ0v) is 12.8. The summed E-state index contributed by atoms with van der Waals surface area (Å²) in [6.45, 7) is 2.18. The normalized spacial score (nSPS) is 24.5. The van der Waals surface area contributed by atoms with Crippen LogP contribution in [-0.2, 0) is 16.1 Å². The summed E-state index contributed by atoms with van der Waals surface area (Å²) in [5.74, 6) is -0.00870. The van der Waals surface area contributed by atoms with Gasteiger partial charge in [0, 0.05) is 11.6 Å². The monoisotopic (exact) mass is 306 g/mol. The molecule has 0 aromatic heterocycles. The fourth-order valence-electron chi connectivity index (χ4n) is 3.46. The quantitative estimate of drug-likeness (QED) is 0.912. The number of amides is 2. The van der Waals surface area contributed by atoms with E-state index in [1.165, 1.54) is 0 Å². The predicted molar refractivity (Wildman–Crippen MR) is 80.8 cm³/mol. The summed E-state index contributed by atoms with van der Waals surface area (Å²) in [5, 5.41) is 3.48. The van der Waals surface area contributed by atoms with E-state index in [9.17, 15) is 9.59 Å². The van der Waals surface area contributed by atoms with Crippen molar-refractivity contribution in [3.05, 3.63) is 34.9 Å². The van der Waals surface area contributed by atoms with E-state index in [0.29, 0.717) is 11.6 Å². The Balaban J connectivity index is 1.94. The van der Waals surface area contributed by atoms with E-state index in [1.807, 2.05) is 24.3 Å². The molecular weight excluding hydrogens is 288 g/mol. The van der Waals surface area contributed by atoms with Crippen molar-refractivity contribution in [3.8, 4) is 0 Å². The van der Waals surface area contributed by atoms with Gasteiger partial charge in [-0.3, -0.25) is 9.59 Å². The number of rotatable bonds is 2. The van der Waals surface area contributed by atoms with Gasteiger partial charge in [0.1, 0.15) is 11.6 Å². The molecule has 5 heteroatoms. The van der Waals surface area contributed by atoms with Crippen LogP contribution in [-0.4, -0.2) is 28.3 Å². The van der Waals surface area contributed by atoms with Crippen molar-refractivity contribution in [1.29, 1.82) is 0 Å². The van der Waals surface area contributed by atoms with Gasteiger partial charge < -0.3 is 10.2 Å². The van der Waals surface area contributed by atoms with Crippen molar-refractivity contribution < 1.29 is 9.59 Å². The molecular formula is C16H19ClN2O2. The number of carbonyl (C=O) groups excluding carboxylic acids is 2. The van der Waals surface area contributed by atoms with Crippen LogP contribution >= 0.6 is 11.6 Å². The van der Waals surface area contributed by atoms with Crippen LogP contribution in [0.3, 0.4) is 0 Å². The highest BCUT2D eigenvalue weighted by molar-refractivity contribution is 6.30. The Bertz CT molecular complexity index is 581. The largest absolute Gasteiger partial charge is 0.343 e. The Morgan fingerprint density at radius 2 is 2.05 bits per heavy atom. The molecule has 2 fully saturated rings.